The second-order valence-corrected chi connectivity index (χ2v) is 8.11. The number of hydrazine groups is 1. The van der Waals surface area contributed by atoms with Gasteiger partial charge < -0.3 is 10.1 Å². The molecule has 0 radical (unpaired) electrons. The van der Waals surface area contributed by atoms with Crippen molar-refractivity contribution in [3.8, 4) is 0 Å². The quantitative estimate of drug-likeness (QED) is 0.649. The van der Waals surface area contributed by atoms with Crippen LogP contribution in [0.4, 0.5) is 4.79 Å². The number of rotatable bonds is 6. The summed E-state index contributed by atoms with van der Waals surface area (Å²) in [5.74, 6) is 0. The number of hydrogen-bond donors (Lipinski definition) is 3. The predicted molar refractivity (Wildman–Crippen MR) is 101 cm³/mol. The molecule has 0 spiro atoms. The molecule has 3 N–H and O–H groups in total. The molecule has 1 amide bonds. The summed E-state index contributed by atoms with van der Waals surface area (Å²) in [4.78, 5) is 11.7. The van der Waals surface area contributed by atoms with Gasteiger partial charge in [-0.05, 0) is 57.7 Å². The molecular formula is C19H30ClN3O2. The van der Waals surface area contributed by atoms with Gasteiger partial charge in [-0.25, -0.2) is 10.2 Å². The van der Waals surface area contributed by atoms with Crippen molar-refractivity contribution in [1.29, 1.82) is 0 Å². The van der Waals surface area contributed by atoms with Crippen LogP contribution in [-0.2, 0) is 11.3 Å². The molecule has 1 fully saturated rings. The SMILES string of the molecule is C[C@H](NNC(=O)OC(C)(C)C)c1ccc(CNC2CCCC2)c(Cl)c1. The van der Waals surface area contributed by atoms with Crippen LogP contribution in [0.2, 0.25) is 5.02 Å². The fraction of sp³-hybridized carbons (Fsp3) is 0.632. The van der Waals surface area contributed by atoms with Gasteiger partial charge in [0.2, 0.25) is 0 Å². The minimum Gasteiger partial charge on any atom is -0.443 e. The normalized spacial score (nSPS) is 16.7. The average Bonchev–Trinajstić information content (AvgIpc) is 3.03. The second kappa shape index (κ2) is 8.88. The number of carbonyl (C=O) groups excluding carboxylic acids is 1. The Kier molecular flexibility index (Phi) is 7.11. The molecule has 25 heavy (non-hydrogen) atoms. The van der Waals surface area contributed by atoms with Gasteiger partial charge in [0.05, 0.1) is 0 Å². The van der Waals surface area contributed by atoms with Crippen molar-refractivity contribution in [3.05, 3.63) is 34.3 Å². The molecule has 0 saturated heterocycles. The van der Waals surface area contributed by atoms with E-state index < -0.39 is 11.7 Å². The highest BCUT2D eigenvalue weighted by Gasteiger charge is 2.17. The average molecular weight is 368 g/mol. The Morgan fingerprint density at radius 1 is 1.32 bits per heavy atom. The van der Waals surface area contributed by atoms with Gasteiger partial charge in [0.15, 0.2) is 0 Å². The van der Waals surface area contributed by atoms with E-state index in [1.54, 1.807) is 0 Å². The van der Waals surface area contributed by atoms with Crippen molar-refractivity contribution in [2.45, 2.75) is 77.6 Å². The monoisotopic (exact) mass is 367 g/mol. The van der Waals surface area contributed by atoms with E-state index in [-0.39, 0.29) is 6.04 Å². The number of hydrogen-bond acceptors (Lipinski definition) is 4. The molecule has 5 nitrogen and oxygen atoms in total. The highest BCUT2D eigenvalue weighted by atomic mass is 35.5. The Labute approximate surface area is 155 Å². The van der Waals surface area contributed by atoms with Crippen molar-refractivity contribution in [2.24, 2.45) is 0 Å². The van der Waals surface area contributed by atoms with Crippen LogP contribution in [0.1, 0.15) is 70.5 Å². The minimum atomic E-state index is -0.522. The Morgan fingerprint density at radius 3 is 2.60 bits per heavy atom. The molecule has 0 aliphatic heterocycles. The van der Waals surface area contributed by atoms with E-state index in [0.717, 1.165) is 22.7 Å². The third-order valence-electron chi connectivity index (χ3n) is 4.30. The standard InChI is InChI=1S/C19H30ClN3O2/c1-13(22-23-18(24)25-19(2,3)4)14-9-10-15(17(20)11-14)12-21-16-7-5-6-8-16/h9-11,13,16,21-22H,5-8,12H2,1-4H3,(H,23,24)/t13-/m0/s1. The van der Waals surface area contributed by atoms with Crippen LogP contribution >= 0.6 is 11.6 Å². The zero-order chi connectivity index (χ0) is 18.4. The van der Waals surface area contributed by atoms with Crippen molar-refractivity contribution in [3.63, 3.8) is 0 Å². The lowest BCUT2D eigenvalue weighted by molar-refractivity contribution is 0.0489. The zero-order valence-corrected chi connectivity index (χ0v) is 16.4. The summed E-state index contributed by atoms with van der Waals surface area (Å²) in [6, 6.07) is 6.56. The minimum absolute atomic E-state index is 0.0816. The first-order valence-corrected chi connectivity index (χ1v) is 9.38. The Hall–Kier alpha value is -1.30. The summed E-state index contributed by atoms with van der Waals surface area (Å²) in [6.45, 7) is 8.23. The van der Waals surface area contributed by atoms with E-state index in [2.05, 4.69) is 16.2 Å². The molecule has 2 rings (SSSR count). The lowest BCUT2D eigenvalue weighted by Crippen LogP contribution is -2.42. The van der Waals surface area contributed by atoms with Crippen molar-refractivity contribution < 1.29 is 9.53 Å². The first-order chi connectivity index (χ1) is 11.7. The highest BCUT2D eigenvalue weighted by Crippen LogP contribution is 2.23. The van der Waals surface area contributed by atoms with Gasteiger partial charge in [-0.15, -0.1) is 0 Å². The Balaban J connectivity index is 1.84. The fourth-order valence-electron chi connectivity index (χ4n) is 2.91. The molecule has 6 heteroatoms. The van der Waals surface area contributed by atoms with Gasteiger partial charge in [0.25, 0.3) is 0 Å². The predicted octanol–water partition coefficient (Wildman–Crippen LogP) is 4.46. The summed E-state index contributed by atoms with van der Waals surface area (Å²) < 4.78 is 5.20. The molecule has 1 aliphatic carbocycles. The molecule has 1 aliphatic rings. The van der Waals surface area contributed by atoms with Crippen molar-refractivity contribution >= 4 is 17.7 Å². The largest absolute Gasteiger partial charge is 0.443 e. The number of nitrogens with one attached hydrogen (secondary N) is 3. The van der Waals surface area contributed by atoms with Crippen LogP contribution in [0.15, 0.2) is 18.2 Å². The maximum Gasteiger partial charge on any atom is 0.422 e. The van der Waals surface area contributed by atoms with E-state index in [4.69, 9.17) is 16.3 Å². The van der Waals surface area contributed by atoms with Crippen LogP contribution in [0.25, 0.3) is 0 Å². The summed E-state index contributed by atoms with van der Waals surface area (Å²) in [5.41, 5.74) is 7.10. The van der Waals surface area contributed by atoms with E-state index in [1.165, 1.54) is 25.7 Å². The first-order valence-electron chi connectivity index (χ1n) is 9.01. The molecule has 0 unspecified atom stereocenters. The molecule has 0 aromatic heterocycles. The number of halogens is 1. The Morgan fingerprint density at radius 2 is 2.00 bits per heavy atom. The molecular weight excluding hydrogens is 338 g/mol. The number of benzene rings is 1. The maximum atomic E-state index is 11.7. The third-order valence-corrected chi connectivity index (χ3v) is 4.65. The van der Waals surface area contributed by atoms with Crippen LogP contribution in [0.5, 0.6) is 0 Å². The molecule has 0 bridgehead atoms. The van der Waals surface area contributed by atoms with Gasteiger partial charge in [0, 0.05) is 23.7 Å². The van der Waals surface area contributed by atoms with Crippen molar-refractivity contribution in [1.82, 2.24) is 16.2 Å². The first kappa shape index (κ1) is 20.0. The van der Waals surface area contributed by atoms with E-state index >= 15 is 0 Å². The molecule has 1 aromatic rings. The molecule has 0 heterocycles. The van der Waals surface area contributed by atoms with Crippen LogP contribution in [0, 0.1) is 0 Å². The fourth-order valence-corrected chi connectivity index (χ4v) is 3.17. The number of amides is 1. The van der Waals surface area contributed by atoms with E-state index in [1.807, 2.05) is 45.9 Å². The van der Waals surface area contributed by atoms with Crippen LogP contribution in [0.3, 0.4) is 0 Å². The summed E-state index contributed by atoms with van der Waals surface area (Å²) in [5, 5.41) is 4.32. The van der Waals surface area contributed by atoms with Crippen LogP contribution < -0.4 is 16.2 Å². The summed E-state index contributed by atoms with van der Waals surface area (Å²) in [7, 11) is 0. The van der Waals surface area contributed by atoms with Crippen LogP contribution in [-0.4, -0.2) is 17.7 Å². The smallest absolute Gasteiger partial charge is 0.422 e. The maximum absolute atomic E-state index is 11.7. The van der Waals surface area contributed by atoms with E-state index in [9.17, 15) is 4.79 Å². The summed E-state index contributed by atoms with van der Waals surface area (Å²) in [6.07, 6.45) is 4.65. The molecule has 1 atom stereocenters. The third kappa shape index (κ3) is 6.84. The summed E-state index contributed by atoms with van der Waals surface area (Å²) >= 11 is 6.43. The lowest BCUT2D eigenvalue weighted by atomic mass is 10.1. The topological polar surface area (TPSA) is 62.4 Å². The van der Waals surface area contributed by atoms with Gasteiger partial charge in [-0.3, -0.25) is 5.43 Å². The van der Waals surface area contributed by atoms with E-state index in [0.29, 0.717) is 6.04 Å². The van der Waals surface area contributed by atoms with Crippen molar-refractivity contribution in [2.75, 3.05) is 0 Å². The zero-order valence-electron chi connectivity index (χ0n) is 15.6. The van der Waals surface area contributed by atoms with Gasteiger partial charge >= 0.3 is 6.09 Å². The lowest BCUT2D eigenvalue weighted by Gasteiger charge is -2.22. The molecule has 1 aromatic carbocycles. The number of carbonyl (C=O) groups is 1. The van der Waals surface area contributed by atoms with Gasteiger partial charge in [0.1, 0.15) is 5.60 Å². The molecule has 140 valence electrons. The highest BCUT2D eigenvalue weighted by molar-refractivity contribution is 6.31. The van der Waals surface area contributed by atoms with Gasteiger partial charge in [-0.1, -0.05) is 36.6 Å². The second-order valence-electron chi connectivity index (χ2n) is 7.71. The Bertz CT molecular complexity index is 581. The molecule has 1 saturated carbocycles. The number of ether oxygens (including phenoxy) is 1. The van der Waals surface area contributed by atoms with Gasteiger partial charge in [-0.2, -0.15) is 0 Å².